The summed E-state index contributed by atoms with van der Waals surface area (Å²) in [5, 5.41) is 9.51. The molecule has 1 aliphatic heterocycles. The molecule has 1 saturated heterocycles. The highest BCUT2D eigenvalue weighted by Gasteiger charge is 2.19. The molecular weight excluding hydrogens is 348 g/mol. The second-order valence-corrected chi connectivity index (χ2v) is 7.40. The van der Waals surface area contributed by atoms with Crippen molar-refractivity contribution >= 4 is 23.2 Å². The standard InChI is InChI=1S/C18H32N6OS/c1-4-15-7-5-6-11-24(15)12-10-22-18(19-3)21-9-8-20-17(25)16-14(2)23-13-26-16/h13,15H,4-12H2,1-3H3,(H,20,25)(H2,19,21,22). The molecule has 8 heteroatoms. The van der Waals surface area contributed by atoms with Crippen LogP contribution in [0.3, 0.4) is 0 Å². The zero-order chi connectivity index (χ0) is 18.8. The first-order chi connectivity index (χ1) is 12.7. The van der Waals surface area contributed by atoms with Crippen molar-refractivity contribution in [3.8, 4) is 0 Å². The van der Waals surface area contributed by atoms with Gasteiger partial charge in [-0.25, -0.2) is 4.98 Å². The maximum atomic E-state index is 12.0. The van der Waals surface area contributed by atoms with E-state index in [1.54, 1.807) is 12.6 Å². The molecule has 0 saturated carbocycles. The zero-order valence-electron chi connectivity index (χ0n) is 16.2. The van der Waals surface area contributed by atoms with Gasteiger partial charge in [-0.05, 0) is 32.7 Å². The number of hydrogen-bond acceptors (Lipinski definition) is 5. The van der Waals surface area contributed by atoms with Gasteiger partial charge in [0.1, 0.15) is 4.88 Å². The summed E-state index contributed by atoms with van der Waals surface area (Å²) in [5.41, 5.74) is 2.47. The maximum absolute atomic E-state index is 12.0. The number of aliphatic imine (C=N–C) groups is 1. The van der Waals surface area contributed by atoms with E-state index >= 15 is 0 Å². The van der Waals surface area contributed by atoms with E-state index in [0.29, 0.717) is 18.0 Å². The van der Waals surface area contributed by atoms with Crippen LogP contribution in [0.15, 0.2) is 10.5 Å². The van der Waals surface area contributed by atoms with Crippen LogP contribution in [0.1, 0.15) is 48.0 Å². The molecular formula is C18H32N6OS. The highest BCUT2D eigenvalue weighted by Crippen LogP contribution is 2.18. The molecule has 0 aromatic carbocycles. The van der Waals surface area contributed by atoms with Crippen molar-refractivity contribution in [2.24, 2.45) is 4.99 Å². The number of guanidine groups is 1. The molecule has 1 aliphatic rings. The topological polar surface area (TPSA) is 81.6 Å². The SMILES string of the molecule is CCC1CCCCN1CCNC(=NC)NCCNC(=O)c1scnc1C. The average molecular weight is 381 g/mol. The average Bonchev–Trinajstić information content (AvgIpc) is 3.09. The predicted octanol–water partition coefficient (Wildman–Crippen LogP) is 1.61. The van der Waals surface area contributed by atoms with Crippen LogP contribution in [0.25, 0.3) is 0 Å². The van der Waals surface area contributed by atoms with E-state index in [-0.39, 0.29) is 5.91 Å². The third-order valence-corrected chi connectivity index (χ3v) is 5.72. The molecule has 1 amide bonds. The number of thiazole rings is 1. The highest BCUT2D eigenvalue weighted by atomic mass is 32.1. The van der Waals surface area contributed by atoms with E-state index in [9.17, 15) is 4.79 Å². The van der Waals surface area contributed by atoms with Crippen LogP contribution in [0.2, 0.25) is 0 Å². The Kier molecular flexibility index (Phi) is 8.84. The molecule has 7 nitrogen and oxygen atoms in total. The minimum Gasteiger partial charge on any atom is -0.355 e. The molecule has 0 spiro atoms. The van der Waals surface area contributed by atoms with Gasteiger partial charge in [-0.15, -0.1) is 11.3 Å². The molecule has 1 aromatic rings. The Balaban J connectivity index is 1.62. The minimum absolute atomic E-state index is 0.0644. The largest absolute Gasteiger partial charge is 0.355 e. The summed E-state index contributed by atoms with van der Waals surface area (Å²) in [6.45, 7) is 8.42. The lowest BCUT2D eigenvalue weighted by Gasteiger charge is -2.35. The van der Waals surface area contributed by atoms with Gasteiger partial charge in [0, 0.05) is 39.3 Å². The molecule has 146 valence electrons. The quantitative estimate of drug-likeness (QED) is 0.363. The van der Waals surface area contributed by atoms with Crippen LogP contribution >= 0.6 is 11.3 Å². The molecule has 2 rings (SSSR count). The summed E-state index contributed by atoms with van der Waals surface area (Å²) in [4.78, 5) is 23.6. The van der Waals surface area contributed by atoms with Crippen molar-refractivity contribution in [2.45, 2.75) is 45.6 Å². The smallest absolute Gasteiger partial charge is 0.263 e. The summed E-state index contributed by atoms with van der Waals surface area (Å²) in [7, 11) is 1.77. The number of piperidine rings is 1. The molecule has 0 bridgehead atoms. The van der Waals surface area contributed by atoms with Crippen LogP contribution in [0.4, 0.5) is 0 Å². The van der Waals surface area contributed by atoms with E-state index in [2.05, 4.69) is 37.8 Å². The molecule has 2 heterocycles. The van der Waals surface area contributed by atoms with Crippen LogP contribution in [0, 0.1) is 6.92 Å². The van der Waals surface area contributed by atoms with Gasteiger partial charge in [-0.2, -0.15) is 0 Å². The predicted molar refractivity (Wildman–Crippen MR) is 108 cm³/mol. The third-order valence-electron chi connectivity index (χ3n) is 4.79. The lowest BCUT2D eigenvalue weighted by molar-refractivity contribution is 0.0957. The van der Waals surface area contributed by atoms with Crippen molar-refractivity contribution < 1.29 is 4.79 Å². The highest BCUT2D eigenvalue weighted by molar-refractivity contribution is 7.11. The fourth-order valence-corrected chi connectivity index (χ4v) is 4.03. The molecule has 1 unspecified atom stereocenters. The second-order valence-electron chi connectivity index (χ2n) is 6.54. The molecule has 26 heavy (non-hydrogen) atoms. The van der Waals surface area contributed by atoms with Crippen LogP contribution in [-0.2, 0) is 0 Å². The number of hydrogen-bond donors (Lipinski definition) is 3. The molecule has 3 N–H and O–H groups in total. The Bertz CT molecular complexity index is 588. The van der Waals surface area contributed by atoms with Crippen LogP contribution in [-0.4, -0.2) is 67.6 Å². The van der Waals surface area contributed by atoms with Gasteiger partial charge < -0.3 is 16.0 Å². The van der Waals surface area contributed by atoms with Crippen molar-refractivity contribution in [1.82, 2.24) is 25.8 Å². The summed E-state index contributed by atoms with van der Waals surface area (Å²) in [6, 6.07) is 0.728. The Labute approximate surface area is 160 Å². The van der Waals surface area contributed by atoms with E-state index < -0.39 is 0 Å². The monoisotopic (exact) mass is 380 g/mol. The van der Waals surface area contributed by atoms with E-state index in [1.807, 2.05) is 6.92 Å². The van der Waals surface area contributed by atoms with E-state index in [4.69, 9.17) is 0 Å². The Morgan fingerprint density at radius 1 is 1.31 bits per heavy atom. The summed E-state index contributed by atoms with van der Waals surface area (Å²) in [6.07, 6.45) is 5.22. The number of carbonyl (C=O) groups excluding carboxylic acids is 1. The number of aromatic nitrogens is 1. The molecule has 1 atom stereocenters. The zero-order valence-corrected chi connectivity index (χ0v) is 17.0. The van der Waals surface area contributed by atoms with Gasteiger partial charge in [0.15, 0.2) is 5.96 Å². The van der Waals surface area contributed by atoms with Gasteiger partial charge >= 0.3 is 0 Å². The fraction of sp³-hybridized carbons (Fsp3) is 0.722. The van der Waals surface area contributed by atoms with Gasteiger partial charge in [-0.3, -0.25) is 14.7 Å². The Hall–Kier alpha value is -1.67. The Morgan fingerprint density at radius 2 is 2.08 bits per heavy atom. The number of aryl methyl sites for hydroxylation is 1. The first kappa shape index (κ1) is 20.6. The lowest BCUT2D eigenvalue weighted by Crippen LogP contribution is -2.46. The number of carbonyl (C=O) groups is 1. The van der Waals surface area contributed by atoms with Gasteiger partial charge in [-0.1, -0.05) is 13.3 Å². The molecule has 0 radical (unpaired) electrons. The lowest BCUT2D eigenvalue weighted by atomic mass is 10.0. The Morgan fingerprint density at radius 3 is 2.77 bits per heavy atom. The number of nitrogens with one attached hydrogen (secondary N) is 3. The van der Waals surface area contributed by atoms with Gasteiger partial charge in [0.2, 0.25) is 0 Å². The fourth-order valence-electron chi connectivity index (χ4n) is 3.31. The third kappa shape index (κ3) is 6.25. The van der Waals surface area contributed by atoms with Crippen molar-refractivity contribution in [3.05, 3.63) is 16.1 Å². The van der Waals surface area contributed by atoms with Crippen LogP contribution in [0.5, 0.6) is 0 Å². The number of rotatable bonds is 8. The van der Waals surface area contributed by atoms with E-state index in [0.717, 1.165) is 30.8 Å². The molecule has 1 fully saturated rings. The second kappa shape index (κ2) is 11.1. The summed E-state index contributed by atoms with van der Waals surface area (Å²) in [5.74, 6) is 0.712. The molecule has 0 aliphatic carbocycles. The number of nitrogens with zero attached hydrogens (tertiary/aromatic N) is 3. The van der Waals surface area contributed by atoms with Crippen molar-refractivity contribution in [1.29, 1.82) is 0 Å². The number of amides is 1. The van der Waals surface area contributed by atoms with E-state index in [1.165, 1.54) is 43.6 Å². The van der Waals surface area contributed by atoms with Crippen molar-refractivity contribution in [2.75, 3.05) is 39.8 Å². The maximum Gasteiger partial charge on any atom is 0.263 e. The van der Waals surface area contributed by atoms with Gasteiger partial charge in [0.05, 0.1) is 11.2 Å². The summed E-state index contributed by atoms with van der Waals surface area (Å²) >= 11 is 1.37. The van der Waals surface area contributed by atoms with Crippen molar-refractivity contribution in [3.63, 3.8) is 0 Å². The molecule has 1 aromatic heterocycles. The van der Waals surface area contributed by atoms with Gasteiger partial charge in [0.25, 0.3) is 5.91 Å². The first-order valence-corrected chi connectivity index (χ1v) is 10.4. The van der Waals surface area contributed by atoms with Crippen LogP contribution < -0.4 is 16.0 Å². The first-order valence-electron chi connectivity index (χ1n) is 9.52. The number of likely N-dealkylation sites (tertiary alicyclic amines) is 1. The summed E-state index contributed by atoms with van der Waals surface area (Å²) < 4.78 is 0. The minimum atomic E-state index is -0.0644. The normalized spacial score (nSPS) is 18.6.